The molecule has 4 heteroatoms. The zero-order valence-electron chi connectivity index (χ0n) is 14.7. The molecule has 0 bridgehead atoms. The third-order valence-electron chi connectivity index (χ3n) is 2.01. The maximum atomic E-state index is 9.70. The van der Waals surface area contributed by atoms with Crippen LogP contribution in [0.1, 0.15) is 68.7 Å². The van der Waals surface area contributed by atoms with Crippen molar-refractivity contribution in [2.24, 2.45) is 23.2 Å². The van der Waals surface area contributed by atoms with Gasteiger partial charge in [-0.2, -0.15) is 0 Å². The lowest BCUT2D eigenvalue weighted by molar-refractivity contribution is -0.141. The Labute approximate surface area is 124 Å². The summed E-state index contributed by atoms with van der Waals surface area (Å²) in [4.78, 5) is 19.4. The summed E-state index contributed by atoms with van der Waals surface area (Å²) in [5.41, 5.74) is 0.522. The van der Waals surface area contributed by atoms with Gasteiger partial charge in [-0.3, -0.25) is 9.59 Å². The van der Waals surface area contributed by atoms with Crippen LogP contribution in [0, 0.1) is 23.2 Å². The highest BCUT2D eigenvalue weighted by molar-refractivity contribution is 5.69. The second-order valence-electron chi connectivity index (χ2n) is 7.14. The van der Waals surface area contributed by atoms with Gasteiger partial charge in [0.1, 0.15) is 0 Å². The van der Waals surface area contributed by atoms with E-state index in [2.05, 4.69) is 34.6 Å². The van der Waals surface area contributed by atoms with E-state index in [1.54, 1.807) is 27.7 Å². The molecular formula is C16H34O4. The summed E-state index contributed by atoms with van der Waals surface area (Å²) in [5.74, 6) is -1.10. The minimum atomic E-state index is -0.741. The Morgan fingerprint density at radius 1 is 0.800 bits per heavy atom. The van der Waals surface area contributed by atoms with E-state index >= 15 is 0 Å². The summed E-state index contributed by atoms with van der Waals surface area (Å²) in [6.45, 7) is 18.0. The maximum Gasteiger partial charge on any atom is 0.305 e. The van der Waals surface area contributed by atoms with Crippen LogP contribution < -0.4 is 0 Å². The average Bonchev–Trinajstić information content (AvgIpc) is 2.14. The molecule has 0 spiro atoms. The molecule has 0 aromatic carbocycles. The number of carboxylic acids is 2. The van der Waals surface area contributed by atoms with E-state index in [0.717, 1.165) is 5.92 Å². The van der Waals surface area contributed by atoms with Gasteiger partial charge in [-0.25, -0.2) is 0 Å². The molecule has 0 rings (SSSR count). The average molecular weight is 290 g/mol. The zero-order chi connectivity index (χ0) is 17.1. The number of hydrogen-bond donors (Lipinski definition) is 2. The summed E-state index contributed by atoms with van der Waals surface area (Å²) in [6.07, 6.45) is 1.33. The number of aliphatic carboxylic acids is 2. The van der Waals surface area contributed by atoms with E-state index in [4.69, 9.17) is 10.2 Å². The molecule has 0 aliphatic carbocycles. The first kappa shape index (κ1) is 24.0. The predicted octanol–water partition coefficient (Wildman–Crippen LogP) is 4.53. The van der Waals surface area contributed by atoms with Crippen molar-refractivity contribution in [2.45, 2.75) is 68.7 Å². The Balaban J connectivity index is -0.000000221. The molecule has 0 atom stereocenters. The molecule has 0 amide bonds. The van der Waals surface area contributed by atoms with Crippen LogP contribution in [0.15, 0.2) is 0 Å². The largest absolute Gasteiger partial charge is 0.481 e. The molecule has 0 aliphatic rings. The summed E-state index contributed by atoms with van der Waals surface area (Å²) in [5, 5.41) is 16.0. The Hall–Kier alpha value is -1.06. The van der Waals surface area contributed by atoms with Crippen LogP contribution in [-0.2, 0) is 9.59 Å². The van der Waals surface area contributed by atoms with Gasteiger partial charge in [-0.05, 0) is 17.8 Å². The summed E-state index contributed by atoms with van der Waals surface area (Å²) in [6, 6.07) is 0. The van der Waals surface area contributed by atoms with Crippen molar-refractivity contribution in [1.82, 2.24) is 0 Å². The first-order valence-electron chi connectivity index (χ1n) is 7.16. The Morgan fingerprint density at radius 3 is 1.00 bits per heavy atom. The monoisotopic (exact) mass is 290 g/mol. The molecule has 2 N–H and O–H groups in total. The number of carboxylic acid groups (broad SMARTS) is 2. The first-order valence-corrected chi connectivity index (χ1v) is 7.16. The van der Waals surface area contributed by atoms with Gasteiger partial charge in [0.15, 0.2) is 0 Å². The number of carbonyl (C=O) groups is 2. The lowest BCUT2D eigenvalue weighted by atomic mass is 9.86. The molecule has 0 heterocycles. The molecule has 4 nitrogen and oxygen atoms in total. The van der Waals surface area contributed by atoms with Crippen LogP contribution in [0.5, 0.6) is 0 Å². The van der Waals surface area contributed by atoms with Gasteiger partial charge in [0, 0.05) is 0 Å². The topological polar surface area (TPSA) is 74.6 Å². The summed E-state index contributed by atoms with van der Waals surface area (Å²) in [7, 11) is 0. The van der Waals surface area contributed by atoms with Gasteiger partial charge in [0.2, 0.25) is 0 Å². The van der Waals surface area contributed by atoms with Crippen molar-refractivity contribution in [3.8, 4) is 0 Å². The van der Waals surface area contributed by atoms with Crippen LogP contribution in [0.4, 0.5) is 0 Å². The molecular weight excluding hydrogens is 256 g/mol. The zero-order valence-corrected chi connectivity index (χ0v) is 14.7. The normalized spacial score (nSPS) is 10.6. The first-order chi connectivity index (χ1) is 8.70. The fraction of sp³-hybridized carbons (Fsp3) is 0.875. The highest BCUT2D eigenvalue weighted by atomic mass is 16.4. The summed E-state index contributed by atoms with van der Waals surface area (Å²) >= 11 is 0. The van der Waals surface area contributed by atoms with Crippen molar-refractivity contribution in [2.75, 3.05) is 0 Å². The van der Waals surface area contributed by atoms with E-state index in [1.165, 1.54) is 6.42 Å². The lowest BCUT2D eigenvalue weighted by Crippen LogP contribution is -2.08. The minimum Gasteiger partial charge on any atom is -0.481 e. The second-order valence-corrected chi connectivity index (χ2v) is 7.14. The van der Waals surface area contributed by atoms with Gasteiger partial charge in [0.25, 0.3) is 0 Å². The van der Waals surface area contributed by atoms with Crippen LogP contribution in [0.3, 0.4) is 0 Å². The predicted molar refractivity (Wildman–Crippen MR) is 83.9 cm³/mol. The molecule has 0 saturated heterocycles. The van der Waals surface area contributed by atoms with Gasteiger partial charge < -0.3 is 10.2 Å². The second kappa shape index (κ2) is 11.7. The van der Waals surface area contributed by atoms with E-state index < -0.39 is 11.9 Å². The smallest absolute Gasteiger partial charge is 0.305 e. The van der Waals surface area contributed by atoms with E-state index in [-0.39, 0.29) is 11.8 Å². The number of rotatable bonds is 3. The molecule has 0 unspecified atom stereocenters. The minimum absolute atomic E-state index is 0.231. The molecule has 122 valence electrons. The molecule has 0 aliphatic heterocycles. The fourth-order valence-corrected chi connectivity index (χ4v) is 1.22. The van der Waals surface area contributed by atoms with Gasteiger partial charge in [-0.1, -0.05) is 62.3 Å². The SMILES string of the molecule is CC(C)C(=O)O.CC(C)C(=O)O.CC(C)CC(C)(C)C. The third-order valence-corrected chi connectivity index (χ3v) is 2.01. The van der Waals surface area contributed by atoms with Crippen molar-refractivity contribution in [1.29, 1.82) is 0 Å². The lowest BCUT2D eigenvalue weighted by Gasteiger charge is -2.19. The van der Waals surface area contributed by atoms with Crippen molar-refractivity contribution in [3.05, 3.63) is 0 Å². The van der Waals surface area contributed by atoms with E-state index in [9.17, 15) is 9.59 Å². The van der Waals surface area contributed by atoms with Crippen LogP contribution in [-0.4, -0.2) is 22.2 Å². The van der Waals surface area contributed by atoms with Crippen molar-refractivity contribution < 1.29 is 19.8 Å². The summed E-state index contributed by atoms with van der Waals surface area (Å²) < 4.78 is 0. The van der Waals surface area contributed by atoms with Gasteiger partial charge >= 0.3 is 11.9 Å². The van der Waals surface area contributed by atoms with Crippen LogP contribution in [0.2, 0.25) is 0 Å². The standard InChI is InChI=1S/C8H18.2C4H8O2/c1-7(2)6-8(3,4)5;2*1-3(2)4(5)6/h7H,6H2,1-5H3;2*3H,1-2H3,(H,5,6). The Morgan fingerprint density at radius 2 is 1.00 bits per heavy atom. The van der Waals surface area contributed by atoms with Crippen molar-refractivity contribution >= 4 is 11.9 Å². The van der Waals surface area contributed by atoms with Crippen LogP contribution >= 0.6 is 0 Å². The maximum absolute atomic E-state index is 9.70. The molecule has 0 radical (unpaired) electrons. The highest BCUT2D eigenvalue weighted by Gasteiger charge is 2.11. The Kier molecular flexibility index (Phi) is 14.1. The molecule has 0 aromatic heterocycles. The van der Waals surface area contributed by atoms with E-state index in [1.807, 2.05) is 0 Å². The molecule has 0 fully saturated rings. The van der Waals surface area contributed by atoms with E-state index in [0.29, 0.717) is 5.41 Å². The molecule has 20 heavy (non-hydrogen) atoms. The Bertz CT molecular complexity index is 242. The third kappa shape index (κ3) is 30.2. The highest BCUT2D eigenvalue weighted by Crippen LogP contribution is 2.23. The number of hydrogen-bond acceptors (Lipinski definition) is 2. The fourth-order valence-electron chi connectivity index (χ4n) is 1.22. The molecule has 0 saturated carbocycles. The van der Waals surface area contributed by atoms with Gasteiger partial charge in [0.05, 0.1) is 11.8 Å². The van der Waals surface area contributed by atoms with Crippen molar-refractivity contribution in [3.63, 3.8) is 0 Å². The quantitative estimate of drug-likeness (QED) is 0.800. The molecule has 0 aromatic rings. The van der Waals surface area contributed by atoms with Crippen LogP contribution in [0.25, 0.3) is 0 Å². The van der Waals surface area contributed by atoms with Gasteiger partial charge in [-0.15, -0.1) is 0 Å².